The summed E-state index contributed by atoms with van der Waals surface area (Å²) in [6.07, 6.45) is 0.517. The molecule has 1 N–H and O–H groups in total. The van der Waals surface area contributed by atoms with E-state index in [1.54, 1.807) is 11.8 Å². The molecule has 0 saturated carbocycles. The molecule has 0 heterocycles. The van der Waals surface area contributed by atoms with Gasteiger partial charge >= 0.3 is 0 Å². The molecule has 4 heteroatoms. The van der Waals surface area contributed by atoms with Crippen LogP contribution >= 0.6 is 11.8 Å². The minimum atomic E-state index is 0.0673. The van der Waals surface area contributed by atoms with Crippen LogP contribution in [0.4, 0.5) is 0 Å². The maximum absolute atomic E-state index is 11.8. The average Bonchev–Trinajstić information content (AvgIpc) is 2.54. The molecule has 122 valence electrons. The Kier molecular flexibility index (Phi) is 7.01. The standard InChI is InChI=1S/C19H23NO2S/c1-15-8-9-18(16(2)14-15)22-12-11-20-19(21)10-13-23-17-6-4-3-5-7-17/h3-9,14H,10-13H2,1-2H3,(H,20,21). The average molecular weight is 329 g/mol. The molecule has 3 nitrogen and oxygen atoms in total. The van der Waals surface area contributed by atoms with E-state index in [1.807, 2.05) is 37.3 Å². The SMILES string of the molecule is Cc1ccc(OCCNC(=O)CCSc2ccccc2)c(C)c1. The number of ether oxygens (including phenoxy) is 1. The van der Waals surface area contributed by atoms with Crippen molar-refractivity contribution in [3.8, 4) is 5.75 Å². The van der Waals surface area contributed by atoms with Gasteiger partial charge in [0.25, 0.3) is 0 Å². The van der Waals surface area contributed by atoms with Crippen LogP contribution in [-0.4, -0.2) is 24.8 Å². The van der Waals surface area contributed by atoms with E-state index in [9.17, 15) is 4.79 Å². The first-order chi connectivity index (χ1) is 11.1. The number of benzene rings is 2. The van der Waals surface area contributed by atoms with Gasteiger partial charge < -0.3 is 10.1 Å². The molecule has 0 radical (unpaired) electrons. The van der Waals surface area contributed by atoms with Gasteiger partial charge in [0.1, 0.15) is 12.4 Å². The highest BCUT2D eigenvalue weighted by Crippen LogP contribution is 2.18. The van der Waals surface area contributed by atoms with E-state index in [1.165, 1.54) is 10.5 Å². The predicted octanol–water partition coefficient (Wildman–Crippen LogP) is 3.98. The second-order valence-corrected chi connectivity index (χ2v) is 6.55. The number of hydrogen-bond acceptors (Lipinski definition) is 3. The van der Waals surface area contributed by atoms with Gasteiger partial charge in [0.05, 0.1) is 6.54 Å². The lowest BCUT2D eigenvalue weighted by atomic mass is 10.1. The molecule has 0 aliphatic heterocycles. The van der Waals surface area contributed by atoms with Crippen LogP contribution in [0.15, 0.2) is 53.4 Å². The van der Waals surface area contributed by atoms with Gasteiger partial charge in [0.2, 0.25) is 5.91 Å². The molecule has 2 aromatic rings. The second kappa shape index (κ2) is 9.26. The molecule has 0 saturated heterocycles. The normalized spacial score (nSPS) is 10.3. The molecule has 0 atom stereocenters. The number of amides is 1. The van der Waals surface area contributed by atoms with Gasteiger partial charge in [-0.15, -0.1) is 11.8 Å². The molecular weight excluding hydrogens is 306 g/mol. The minimum absolute atomic E-state index is 0.0673. The summed E-state index contributed by atoms with van der Waals surface area (Å²) >= 11 is 1.70. The van der Waals surface area contributed by atoms with Gasteiger partial charge in [-0.1, -0.05) is 35.9 Å². The Hall–Kier alpha value is -1.94. The van der Waals surface area contributed by atoms with Crippen LogP contribution in [0.25, 0.3) is 0 Å². The van der Waals surface area contributed by atoms with Crippen molar-refractivity contribution in [2.75, 3.05) is 18.9 Å². The zero-order chi connectivity index (χ0) is 16.5. The van der Waals surface area contributed by atoms with E-state index in [-0.39, 0.29) is 5.91 Å². The van der Waals surface area contributed by atoms with Crippen LogP contribution in [0.2, 0.25) is 0 Å². The van der Waals surface area contributed by atoms with Crippen molar-refractivity contribution in [3.63, 3.8) is 0 Å². The van der Waals surface area contributed by atoms with Crippen molar-refractivity contribution in [2.45, 2.75) is 25.2 Å². The molecular formula is C19H23NO2S. The maximum atomic E-state index is 11.8. The van der Waals surface area contributed by atoms with E-state index >= 15 is 0 Å². The van der Waals surface area contributed by atoms with Crippen molar-refractivity contribution in [3.05, 3.63) is 59.7 Å². The Morgan fingerprint density at radius 2 is 1.91 bits per heavy atom. The van der Waals surface area contributed by atoms with E-state index < -0.39 is 0 Å². The van der Waals surface area contributed by atoms with Crippen LogP contribution < -0.4 is 10.1 Å². The van der Waals surface area contributed by atoms with Crippen molar-refractivity contribution in [1.29, 1.82) is 0 Å². The van der Waals surface area contributed by atoms with Crippen LogP contribution in [0.5, 0.6) is 5.75 Å². The van der Waals surface area contributed by atoms with Crippen LogP contribution in [0.3, 0.4) is 0 Å². The minimum Gasteiger partial charge on any atom is -0.491 e. The molecule has 0 bridgehead atoms. The molecule has 23 heavy (non-hydrogen) atoms. The third kappa shape index (κ3) is 6.37. The molecule has 2 aromatic carbocycles. The number of aryl methyl sites for hydroxylation is 2. The van der Waals surface area contributed by atoms with Gasteiger partial charge in [0.15, 0.2) is 0 Å². The number of rotatable bonds is 8. The van der Waals surface area contributed by atoms with E-state index in [4.69, 9.17) is 4.74 Å². The highest BCUT2D eigenvalue weighted by atomic mass is 32.2. The van der Waals surface area contributed by atoms with Crippen LogP contribution in [0.1, 0.15) is 17.5 Å². The Balaban J connectivity index is 1.59. The van der Waals surface area contributed by atoms with Gasteiger partial charge in [-0.25, -0.2) is 0 Å². The monoisotopic (exact) mass is 329 g/mol. The van der Waals surface area contributed by atoms with Gasteiger partial charge in [-0.05, 0) is 37.6 Å². The molecule has 0 aliphatic rings. The largest absolute Gasteiger partial charge is 0.491 e. The molecule has 0 unspecified atom stereocenters. The topological polar surface area (TPSA) is 38.3 Å². The van der Waals surface area contributed by atoms with Crippen molar-refractivity contribution in [2.24, 2.45) is 0 Å². The van der Waals surface area contributed by atoms with Crippen molar-refractivity contribution >= 4 is 17.7 Å². The fraction of sp³-hybridized carbons (Fsp3) is 0.316. The Morgan fingerprint density at radius 1 is 1.13 bits per heavy atom. The number of carbonyl (C=O) groups excluding carboxylic acids is 1. The zero-order valence-corrected chi connectivity index (χ0v) is 14.5. The summed E-state index contributed by atoms with van der Waals surface area (Å²) in [5.41, 5.74) is 2.34. The summed E-state index contributed by atoms with van der Waals surface area (Å²) in [5.74, 6) is 1.73. The predicted molar refractivity (Wildman–Crippen MR) is 96.2 cm³/mol. The Morgan fingerprint density at radius 3 is 2.65 bits per heavy atom. The van der Waals surface area contributed by atoms with E-state index in [0.29, 0.717) is 19.6 Å². The summed E-state index contributed by atoms with van der Waals surface area (Å²) in [5, 5.41) is 2.89. The van der Waals surface area contributed by atoms with Crippen molar-refractivity contribution < 1.29 is 9.53 Å². The molecule has 1 amide bonds. The summed E-state index contributed by atoms with van der Waals surface area (Å²) in [7, 11) is 0. The number of nitrogens with one attached hydrogen (secondary N) is 1. The van der Waals surface area contributed by atoms with Gasteiger partial charge in [-0.2, -0.15) is 0 Å². The molecule has 0 fully saturated rings. The Labute approximate surface area is 142 Å². The number of hydrogen-bond donors (Lipinski definition) is 1. The highest BCUT2D eigenvalue weighted by Gasteiger charge is 2.03. The lowest BCUT2D eigenvalue weighted by Gasteiger charge is -2.10. The van der Waals surface area contributed by atoms with Crippen molar-refractivity contribution in [1.82, 2.24) is 5.32 Å². The first-order valence-electron chi connectivity index (χ1n) is 7.80. The summed E-state index contributed by atoms with van der Waals surface area (Å²) in [4.78, 5) is 13.0. The molecule has 0 aromatic heterocycles. The fourth-order valence-corrected chi connectivity index (χ4v) is 3.05. The van der Waals surface area contributed by atoms with Crippen LogP contribution in [-0.2, 0) is 4.79 Å². The van der Waals surface area contributed by atoms with E-state index in [0.717, 1.165) is 17.1 Å². The Bertz CT molecular complexity index is 629. The molecule has 2 rings (SSSR count). The third-order valence-corrected chi connectivity index (χ3v) is 4.37. The fourth-order valence-electron chi connectivity index (χ4n) is 2.18. The lowest BCUT2D eigenvalue weighted by molar-refractivity contribution is -0.120. The van der Waals surface area contributed by atoms with Gasteiger partial charge in [-0.3, -0.25) is 4.79 Å². The number of carbonyl (C=O) groups is 1. The zero-order valence-electron chi connectivity index (χ0n) is 13.7. The van der Waals surface area contributed by atoms with Crippen LogP contribution in [0, 0.1) is 13.8 Å². The molecule has 0 spiro atoms. The summed E-state index contributed by atoms with van der Waals surface area (Å²) < 4.78 is 5.70. The first kappa shape index (κ1) is 17.4. The highest BCUT2D eigenvalue weighted by molar-refractivity contribution is 7.99. The number of thioether (sulfide) groups is 1. The smallest absolute Gasteiger partial charge is 0.220 e. The van der Waals surface area contributed by atoms with Gasteiger partial charge in [0, 0.05) is 17.1 Å². The third-order valence-electron chi connectivity index (χ3n) is 3.35. The lowest BCUT2D eigenvalue weighted by Crippen LogP contribution is -2.28. The maximum Gasteiger partial charge on any atom is 0.220 e. The first-order valence-corrected chi connectivity index (χ1v) is 8.78. The summed E-state index contributed by atoms with van der Waals surface area (Å²) in [6, 6.07) is 16.2. The second-order valence-electron chi connectivity index (χ2n) is 5.38. The summed E-state index contributed by atoms with van der Waals surface area (Å²) in [6.45, 7) is 5.11. The molecule has 0 aliphatic carbocycles. The quantitative estimate of drug-likeness (QED) is 0.588. The van der Waals surface area contributed by atoms with E-state index in [2.05, 4.69) is 30.4 Å².